The fourth-order valence-electron chi connectivity index (χ4n) is 2.63. The van der Waals surface area contributed by atoms with Crippen molar-refractivity contribution in [2.24, 2.45) is 0 Å². The van der Waals surface area contributed by atoms with Crippen LogP contribution in [0.4, 0.5) is 0 Å². The van der Waals surface area contributed by atoms with Gasteiger partial charge in [0.1, 0.15) is 0 Å². The van der Waals surface area contributed by atoms with Crippen LogP contribution in [0.2, 0.25) is 10.0 Å². The first-order chi connectivity index (χ1) is 10.1. The quantitative estimate of drug-likeness (QED) is 0.760. The van der Waals surface area contributed by atoms with Crippen LogP contribution in [-0.4, -0.2) is 4.98 Å². The van der Waals surface area contributed by atoms with Gasteiger partial charge >= 0.3 is 0 Å². The molecule has 0 saturated heterocycles. The number of halogens is 2. The number of hydrogen-bond acceptors (Lipinski definition) is 2. The van der Waals surface area contributed by atoms with E-state index < -0.39 is 5.41 Å². The number of rotatable bonds is 5. The largest absolute Gasteiger partial charge is 0.264 e. The molecule has 0 saturated carbocycles. The van der Waals surface area contributed by atoms with E-state index in [2.05, 4.69) is 18.0 Å². The number of nitriles is 1. The van der Waals surface area contributed by atoms with E-state index in [0.29, 0.717) is 16.5 Å². The number of aromatic nitrogens is 1. The van der Waals surface area contributed by atoms with Gasteiger partial charge in [-0.1, -0.05) is 48.7 Å². The maximum Gasteiger partial charge on any atom is 0.0877 e. The van der Waals surface area contributed by atoms with Crippen molar-refractivity contribution >= 4 is 23.2 Å². The molecule has 0 spiro atoms. The van der Waals surface area contributed by atoms with Gasteiger partial charge in [-0.25, -0.2) is 0 Å². The third kappa shape index (κ3) is 3.56. The van der Waals surface area contributed by atoms with Gasteiger partial charge in [0.15, 0.2) is 0 Å². The predicted octanol–water partition coefficient (Wildman–Crippen LogP) is 5.19. The molecule has 1 heterocycles. The number of hydrogen-bond donors (Lipinski definition) is 0. The molecule has 1 aromatic heterocycles. The zero-order chi connectivity index (χ0) is 15.3. The van der Waals surface area contributed by atoms with E-state index in [-0.39, 0.29) is 0 Å². The maximum atomic E-state index is 9.85. The van der Waals surface area contributed by atoms with Crippen LogP contribution < -0.4 is 0 Å². The molecule has 108 valence electrons. The van der Waals surface area contributed by atoms with Crippen LogP contribution in [0.15, 0.2) is 42.7 Å². The van der Waals surface area contributed by atoms with Gasteiger partial charge in [-0.15, -0.1) is 0 Å². The van der Waals surface area contributed by atoms with Gasteiger partial charge < -0.3 is 0 Å². The van der Waals surface area contributed by atoms with Crippen molar-refractivity contribution in [2.45, 2.75) is 31.6 Å². The van der Waals surface area contributed by atoms with Gasteiger partial charge in [-0.3, -0.25) is 4.98 Å². The van der Waals surface area contributed by atoms with Crippen LogP contribution in [0.1, 0.15) is 30.9 Å². The van der Waals surface area contributed by atoms with Crippen molar-refractivity contribution in [3.8, 4) is 6.07 Å². The lowest BCUT2D eigenvalue weighted by atomic mass is 9.74. The highest BCUT2D eigenvalue weighted by Crippen LogP contribution is 2.38. The Morgan fingerprint density at radius 1 is 1.29 bits per heavy atom. The molecule has 0 aliphatic heterocycles. The van der Waals surface area contributed by atoms with Gasteiger partial charge in [0.05, 0.1) is 11.5 Å². The van der Waals surface area contributed by atoms with Crippen LogP contribution in [0.3, 0.4) is 0 Å². The van der Waals surface area contributed by atoms with Crippen molar-refractivity contribution in [2.75, 3.05) is 0 Å². The summed E-state index contributed by atoms with van der Waals surface area (Å²) in [6.07, 6.45) is 5.75. The molecule has 0 aliphatic rings. The molecular formula is C17H16Cl2N2. The molecule has 0 amide bonds. The van der Waals surface area contributed by atoms with E-state index in [1.807, 2.05) is 18.2 Å². The summed E-state index contributed by atoms with van der Waals surface area (Å²) in [5, 5.41) is 11.0. The van der Waals surface area contributed by atoms with Gasteiger partial charge in [-0.2, -0.15) is 5.26 Å². The highest BCUT2D eigenvalue weighted by Gasteiger charge is 2.33. The molecule has 2 aromatic rings. The lowest BCUT2D eigenvalue weighted by Gasteiger charge is -2.28. The third-order valence-electron chi connectivity index (χ3n) is 3.57. The minimum Gasteiger partial charge on any atom is -0.264 e. The summed E-state index contributed by atoms with van der Waals surface area (Å²) >= 11 is 12.3. The Morgan fingerprint density at radius 3 is 2.67 bits per heavy atom. The molecular weight excluding hydrogens is 303 g/mol. The highest BCUT2D eigenvalue weighted by atomic mass is 35.5. The molecule has 1 atom stereocenters. The monoisotopic (exact) mass is 318 g/mol. The molecule has 2 nitrogen and oxygen atoms in total. The van der Waals surface area contributed by atoms with E-state index in [9.17, 15) is 5.26 Å². The van der Waals surface area contributed by atoms with E-state index in [0.717, 1.165) is 24.0 Å². The Bertz CT molecular complexity index is 650. The SMILES string of the molecule is CCCC(C#N)(Cc1cccnc1)c1ccc(Cl)cc1Cl. The zero-order valence-corrected chi connectivity index (χ0v) is 13.3. The standard InChI is InChI=1S/C17H16Cl2N2/c1-2-7-17(12-20,10-13-4-3-8-21-11-13)15-6-5-14(18)9-16(15)19/h3-6,8-9,11H,2,7,10H2,1H3. The molecule has 0 radical (unpaired) electrons. The molecule has 1 aromatic carbocycles. The van der Waals surface area contributed by atoms with Crippen molar-refractivity contribution < 1.29 is 0 Å². The maximum absolute atomic E-state index is 9.85. The van der Waals surface area contributed by atoms with Crippen LogP contribution in [0.25, 0.3) is 0 Å². The molecule has 2 rings (SSSR count). The summed E-state index contributed by atoms with van der Waals surface area (Å²) < 4.78 is 0. The van der Waals surface area contributed by atoms with Crippen molar-refractivity contribution in [3.63, 3.8) is 0 Å². The molecule has 0 fully saturated rings. The molecule has 0 aliphatic carbocycles. The summed E-state index contributed by atoms with van der Waals surface area (Å²) in [5.74, 6) is 0. The molecule has 0 N–H and O–H groups in total. The topological polar surface area (TPSA) is 36.7 Å². The van der Waals surface area contributed by atoms with Gasteiger partial charge in [-0.05, 0) is 42.2 Å². The number of nitrogens with zero attached hydrogens (tertiary/aromatic N) is 2. The zero-order valence-electron chi connectivity index (χ0n) is 11.8. The van der Waals surface area contributed by atoms with E-state index >= 15 is 0 Å². The van der Waals surface area contributed by atoms with Crippen LogP contribution >= 0.6 is 23.2 Å². The minimum atomic E-state index is -0.653. The van der Waals surface area contributed by atoms with Crippen molar-refractivity contribution in [3.05, 3.63) is 63.9 Å². The predicted molar refractivity (Wildman–Crippen MR) is 86.6 cm³/mol. The van der Waals surface area contributed by atoms with Crippen molar-refractivity contribution in [1.29, 1.82) is 5.26 Å². The van der Waals surface area contributed by atoms with E-state index in [1.165, 1.54) is 0 Å². The fraction of sp³-hybridized carbons (Fsp3) is 0.294. The Morgan fingerprint density at radius 2 is 2.10 bits per heavy atom. The minimum absolute atomic E-state index is 0.543. The first-order valence-corrected chi connectivity index (χ1v) is 7.62. The second-order valence-corrected chi connectivity index (χ2v) is 5.95. The summed E-state index contributed by atoms with van der Waals surface area (Å²) in [4.78, 5) is 4.13. The molecule has 1 unspecified atom stereocenters. The summed E-state index contributed by atoms with van der Waals surface area (Å²) in [7, 11) is 0. The van der Waals surface area contributed by atoms with Gasteiger partial charge in [0, 0.05) is 22.4 Å². The van der Waals surface area contributed by atoms with Crippen LogP contribution in [0, 0.1) is 11.3 Å². The molecule has 21 heavy (non-hydrogen) atoms. The fourth-order valence-corrected chi connectivity index (χ4v) is 3.22. The normalized spacial score (nSPS) is 13.4. The van der Waals surface area contributed by atoms with Crippen molar-refractivity contribution in [1.82, 2.24) is 4.98 Å². The second-order valence-electron chi connectivity index (χ2n) is 5.11. The third-order valence-corrected chi connectivity index (χ3v) is 4.11. The van der Waals surface area contributed by atoms with Crippen LogP contribution in [0.5, 0.6) is 0 Å². The van der Waals surface area contributed by atoms with E-state index in [1.54, 1.807) is 24.5 Å². The highest BCUT2D eigenvalue weighted by molar-refractivity contribution is 6.35. The molecule has 4 heteroatoms. The Balaban J connectivity index is 2.48. The van der Waals surface area contributed by atoms with E-state index in [4.69, 9.17) is 23.2 Å². The average molecular weight is 319 g/mol. The number of pyridine rings is 1. The van der Waals surface area contributed by atoms with Gasteiger partial charge in [0.2, 0.25) is 0 Å². The Kier molecular flexibility index (Phi) is 5.22. The first kappa shape index (κ1) is 15.8. The first-order valence-electron chi connectivity index (χ1n) is 6.87. The summed E-state index contributed by atoms with van der Waals surface area (Å²) in [6.45, 7) is 2.07. The summed E-state index contributed by atoms with van der Waals surface area (Å²) in [6, 6.07) is 11.7. The van der Waals surface area contributed by atoms with Gasteiger partial charge in [0.25, 0.3) is 0 Å². The Labute approximate surface area is 135 Å². The average Bonchev–Trinajstić information content (AvgIpc) is 2.48. The van der Waals surface area contributed by atoms with Crippen LogP contribution in [-0.2, 0) is 11.8 Å². The summed E-state index contributed by atoms with van der Waals surface area (Å²) in [5.41, 5.74) is 1.21. The Hall–Kier alpha value is -1.56. The molecule has 0 bridgehead atoms. The number of benzene rings is 1. The lowest BCUT2D eigenvalue weighted by Crippen LogP contribution is -2.27. The smallest absolute Gasteiger partial charge is 0.0877 e. The lowest BCUT2D eigenvalue weighted by molar-refractivity contribution is 0.492. The second kappa shape index (κ2) is 6.93.